The van der Waals surface area contributed by atoms with Crippen molar-refractivity contribution in [2.45, 2.75) is 19.4 Å². The van der Waals surface area contributed by atoms with E-state index in [0.717, 1.165) is 29.7 Å². The van der Waals surface area contributed by atoms with Crippen LogP contribution in [0.3, 0.4) is 0 Å². The summed E-state index contributed by atoms with van der Waals surface area (Å²) in [6, 6.07) is 6.52. The molecule has 2 heterocycles. The molecule has 1 aliphatic heterocycles. The lowest BCUT2D eigenvalue weighted by molar-refractivity contribution is 0.745. The van der Waals surface area contributed by atoms with Crippen molar-refractivity contribution in [1.82, 2.24) is 4.98 Å². The summed E-state index contributed by atoms with van der Waals surface area (Å²) >= 11 is 6.42. The zero-order chi connectivity index (χ0) is 14.1. The van der Waals surface area contributed by atoms with Gasteiger partial charge < -0.3 is 10.6 Å². The van der Waals surface area contributed by atoms with Gasteiger partial charge >= 0.3 is 0 Å². The van der Waals surface area contributed by atoms with Crippen molar-refractivity contribution in [1.29, 1.82) is 0 Å². The standard InChI is InChI=1S/C16H18ClN3/c1-20-6-2-3-12-7-11(4-5-15(12)20)14-10-19-9-13(8-18)16(14)17/h4-5,7,9-10H,2-3,6,8,18H2,1H3. The van der Waals surface area contributed by atoms with Crippen molar-refractivity contribution in [3.05, 3.63) is 46.7 Å². The summed E-state index contributed by atoms with van der Waals surface area (Å²) in [7, 11) is 2.14. The Balaban J connectivity index is 2.07. The van der Waals surface area contributed by atoms with Gasteiger partial charge in [-0.15, -0.1) is 0 Å². The molecule has 3 rings (SSSR count). The van der Waals surface area contributed by atoms with Crippen LogP contribution in [-0.2, 0) is 13.0 Å². The maximum absolute atomic E-state index is 6.42. The molecule has 0 aliphatic carbocycles. The van der Waals surface area contributed by atoms with E-state index < -0.39 is 0 Å². The zero-order valence-corrected chi connectivity index (χ0v) is 12.3. The molecule has 1 aliphatic rings. The molecule has 0 saturated heterocycles. The summed E-state index contributed by atoms with van der Waals surface area (Å²) in [4.78, 5) is 6.55. The average molecular weight is 288 g/mol. The number of aromatic nitrogens is 1. The smallest absolute Gasteiger partial charge is 0.0560 e. The largest absolute Gasteiger partial charge is 0.374 e. The number of nitrogens with zero attached hydrogens (tertiary/aromatic N) is 2. The van der Waals surface area contributed by atoms with Gasteiger partial charge in [0.2, 0.25) is 0 Å². The molecule has 3 nitrogen and oxygen atoms in total. The maximum Gasteiger partial charge on any atom is 0.0560 e. The molecule has 0 fully saturated rings. The fraction of sp³-hybridized carbons (Fsp3) is 0.312. The van der Waals surface area contributed by atoms with Crippen molar-refractivity contribution < 1.29 is 0 Å². The minimum atomic E-state index is 0.410. The van der Waals surface area contributed by atoms with Gasteiger partial charge in [0.1, 0.15) is 0 Å². The number of benzene rings is 1. The van der Waals surface area contributed by atoms with Gasteiger partial charge in [-0.2, -0.15) is 0 Å². The minimum Gasteiger partial charge on any atom is -0.374 e. The predicted octanol–water partition coefficient (Wildman–Crippen LogP) is 3.24. The summed E-state index contributed by atoms with van der Waals surface area (Å²) in [5, 5.41) is 0.714. The van der Waals surface area contributed by atoms with E-state index in [9.17, 15) is 0 Å². The lowest BCUT2D eigenvalue weighted by Gasteiger charge is -2.28. The Morgan fingerprint density at radius 3 is 3.00 bits per heavy atom. The summed E-state index contributed by atoms with van der Waals surface area (Å²) in [5.41, 5.74) is 11.4. The van der Waals surface area contributed by atoms with Crippen LogP contribution >= 0.6 is 11.6 Å². The van der Waals surface area contributed by atoms with E-state index in [1.54, 1.807) is 6.20 Å². The molecule has 20 heavy (non-hydrogen) atoms. The molecule has 1 aromatic carbocycles. The van der Waals surface area contributed by atoms with Crippen LogP contribution in [0.4, 0.5) is 5.69 Å². The number of anilines is 1. The van der Waals surface area contributed by atoms with E-state index in [1.165, 1.54) is 17.7 Å². The molecule has 0 radical (unpaired) electrons. The van der Waals surface area contributed by atoms with E-state index in [4.69, 9.17) is 17.3 Å². The number of halogens is 1. The Kier molecular flexibility index (Phi) is 3.64. The lowest BCUT2D eigenvalue weighted by atomic mass is 9.96. The second-order valence-corrected chi connectivity index (χ2v) is 5.61. The second kappa shape index (κ2) is 5.43. The van der Waals surface area contributed by atoms with Crippen LogP contribution in [0.15, 0.2) is 30.6 Å². The third kappa shape index (κ3) is 2.28. The van der Waals surface area contributed by atoms with Crippen molar-refractivity contribution >= 4 is 17.3 Å². The Labute approximate surface area is 124 Å². The Morgan fingerprint density at radius 2 is 2.20 bits per heavy atom. The number of hydrogen-bond donors (Lipinski definition) is 1. The highest BCUT2D eigenvalue weighted by Gasteiger charge is 2.15. The molecule has 1 aromatic heterocycles. The summed E-state index contributed by atoms with van der Waals surface area (Å²) < 4.78 is 0. The molecule has 0 spiro atoms. The van der Waals surface area contributed by atoms with Crippen molar-refractivity contribution in [3.8, 4) is 11.1 Å². The molecule has 0 unspecified atom stereocenters. The van der Waals surface area contributed by atoms with E-state index >= 15 is 0 Å². The van der Waals surface area contributed by atoms with Crippen LogP contribution in [0.25, 0.3) is 11.1 Å². The molecule has 0 bridgehead atoms. The highest BCUT2D eigenvalue weighted by Crippen LogP contribution is 2.34. The van der Waals surface area contributed by atoms with Crippen LogP contribution in [-0.4, -0.2) is 18.6 Å². The summed E-state index contributed by atoms with van der Waals surface area (Å²) in [6.45, 7) is 1.53. The number of nitrogens with two attached hydrogens (primary N) is 1. The number of fused-ring (bicyclic) bond motifs is 1. The van der Waals surface area contributed by atoms with E-state index in [-0.39, 0.29) is 0 Å². The third-order valence-corrected chi connectivity index (χ3v) is 4.36. The number of pyridine rings is 1. The normalized spacial score (nSPS) is 14.2. The zero-order valence-electron chi connectivity index (χ0n) is 11.6. The number of hydrogen-bond acceptors (Lipinski definition) is 3. The van der Waals surface area contributed by atoms with Crippen LogP contribution in [0.1, 0.15) is 17.5 Å². The van der Waals surface area contributed by atoms with Gasteiger partial charge in [0.05, 0.1) is 5.02 Å². The van der Waals surface area contributed by atoms with Gasteiger partial charge in [0, 0.05) is 49.3 Å². The van der Waals surface area contributed by atoms with E-state index in [0.29, 0.717) is 11.6 Å². The molecule has 0 amide bonds. The van der Waals surface area contributed by atoms with Gasteiger partial charge in [0.15, 0.2) is 0 Å². The highest BCUT2D eigenvalue weighted by molar-refractivity contribution is 6.34. The quantitative estimate of drug-likeness (QED) is 0.922. The Morgan fingerprint density at radius 1 is 1.35 bits per heavy atom. The monoisotopic (exact) mass is 287 g/mol. The molecule has 2 N–H and O–H groups in total. The summed E-state index contributed by atoms with van der Waals surface area (Å²) in [6.07, 6.45) is 5.87. The van der Waals surface area contributed by atoms with Crippen molar-refractivity contribution in [3.63, 3.8) is 0 Å². The Hall–Kier alpha value is -1.58. The van der Waals surface area contributed by atoms with Crippen LogP contribution < -0.4 is 10.6 Å². The summed E-state index contributed by atoms with van der Waals surface area (Å²) in [5.74, 6) is 0. The maximum atomic E-state index is 6.42. The predicted molar refractivity (Wildman–Crippen MR) is 84.2 cm³/mol. The topological polar surface area (TPSA) is 42.2 Å². The molecule has 104 valence electrons. The van der Waals surface area contributed by atoms with Crippen LogP contribution in [0.2, 0.25) is 5.02 Å². The number of rotatable bonds is 2. The van der Waals surface area contributed by atoms with Gasteiger partial charge in [-0.25, -0.2) is 0 Å². The van der Waals surface area contributed by atoms with Crippen molar-refractivity contribution in [2.24, 2.45) is 5.73 Å². The average Bonchev–Trinajstić information content (AvgIpc) is 2.47. The first-order chi connectivity index (χ1) is 9.70. The highest BCUT2D eigenvalue weighted by atomic mass is 35.5. The molecule has 2 aromatic rings. The molecule has 4 heteroatoms. The molecular formula is C16H18ClN3. The van der Waals surface area contributed by atoms with Gasteiger partial charge in [-0.05, 0) is 36.1 Å². The molecule has 0 atom stereocenters. The van der Waals surface area contributed by atoms with Crippen LogP contribution in [0, 0.1) is 0 Å². The Bertz CT molecular complexity index is 640. The van der Waals surface area contributed by atoms with Crippen molar-refractivity contribution in [2.75, 3.05) is 18.5 Å². The second-order valence-electron chi connectivity index (χ2n) is 5.23. The fourth-order valence-corrected chi connectivity index (χ4v) is 3.07. The van der Waals surface area contributed by atoms with Gasteiger partial charge in [-0.1, -0.05) is 17.7 Å². The molecular weight excluding hydrogens is 270 g/mol. The van der Waals surface area contributed by atoms with Gasteiger partial charge in [-0.3, -0.25) is 4.98 Å². The first-order valence-electron chi connectivity index (χ1n) is 6.87. The first kappa shape index (κ1) is 13.4. The minimum absolute atomic E-state index is 0.410. The SMILES string of the molecule is CN1CCCc2cc(-c3cncc(CN)c3Cl)ccc21. The third-order valence-electron chi connectivity index (χ3n) is 3.91. The van der Waals surface area contributed by atoms with E-state index in [2.05, 4.69) is 35.1 Å². The number of aryl methyl sites for hydroxylation is 1. The lowest BCUT2D eigenvalue weighted by Crippen LogP contribution is -2.24. The first-order valence-corrected chi connectivity index (χ1v) is 7.25. The van der Waals surface area contributed by atoms with Crippen LogP contribution in [0.5, 0.6) is 0 Å². The molecule has 0 saturated carbocycles. The fourth-order valence-electron chi connectivity index (χ4n) is 2.78. The van der Waals surface area contributed by atoms with E-state index in [1.807, 2.05) is 6.20 Å². The van der Waals surface area contributed by atoms with Gasteiger partial charge in [0.25, 0.3) is 0 Å².